The predicted octanol–water partition coefficient (Wildman–Crippen LogP) is 4.30. The van der Waals surface area contributed by atoms with Gasteiger partial charge in [0, 0.05) is 36.2 Å². The van der Waals surface area contributed by atoms with Crippen molar-refractivity contribution in [2.45, 2.75) is 20.6 Å². The number of methoxy groups -OCH3 is 1. The summed E-state index contributed by atoms with van der Waals surface area (Å²) in [6.45, 7) is 8.31. The molecule has 0 saturated heterocycles. The van der Waals surface area contributed by atoms with Crippen LogP contribution in [0.2, 0.25) is 0 Å². The van der Waals surface area contributed by atoms with E-state index in [0.717, 1.165) is 33.2 Å². The van der Waals surface area contributed by atoms with Crippen LogP contribution in [0.5, 0.6) is 0 Å². The maximum absolute atomic E-state index is 13.3. The Hall–Kier alpha value is -2.62. The maximum Gasteiger partial charge on any atom is 0.139 e. The molecule has 0 spiro atoms. The van der Waals surface area contributed by atoms with Crippen LogP contribution >= 0.6 is 11.3 Å². The largest absolute Gasteiger partial charge is 0.400 e. The molecule has 3 aromatic rings. The lowest BCUT2D eigenvalue weighted by molar-refractivity contribution is 0.0281. The molecule has 0 aliphatic rings. The van der Waals surface area contributed by atoms with Gasteiger partial charge >= 0.3 is 0 Å². The van der Waals surface area contributed by atoms with E-state index < -0.39 is 0 Å². The Balaban J connectivity index is 0.000000687. The number of hydrogen-bond donors (Lipinski definition) is 0. The van der Waals surface area contributed by atoms with Crippen LogP contribution in [0.3, 0.4) is 0 Å². The summed E-state index contributed by atoms with van der Waals surface area (Å²) in [7, 11) is 3.09. The van der Waals surface area contributed by atoms with E-state index in [2.05, 4.69) is 26.8 Å². The van der Waals surface area contributed by atoms with Crippen molar-refractivity contribution in [1.29, 1.82) is 0 Å². The van der Waals surface area contributed by atoms with Gasteiger partial charge in [0.25, 0.3) is 0 Å². The summed E-state index contributed by atoms with van der Waals surface area (Å²) in [5.41, 5.74) is 4.52. The lowest BCUT2D eigenvalue weighted by Gasteiger charge is -2.05. The second kappa shape index (κ2) is 11.4. The van der Waals surface area contributed by atoms with E-state index in [1.165, 1.54) is 19.2 Å². The van der Waals surface area contributed by atoms with Crippen molar-refractivity contribution in [3.05, 3.63) is 46.9 Å². The molecular formula is C20H25FN4O3S. The van der Waals surface area contributed by atoms with Crippen molar-refractivity contribution >= 4 is 18.1 Å². The first-order valence-corrected chi connectivity index (χ1v) is 9.71. The smallest absolute Gasteiger partial charge is 0.139 e. The van der Waals surface area contributed by atoms with Gasteiger partial charge in [-0.25, -0.2) is 14.1 Å². The molecule has 7 nitrogen and oxygen atoms in total. The van der Waals surface area contributed by atoms with E-state index in [-0.39, 0.29) is 5.82 Å². The van der Waals surface area contributed by atoms with Crippen molar-refractivity contribution in [2.24, 2.45) is 5.16 Å². The highest BCUT2D eigenvalue weighted by Crippen LogP contribution is 2.36. The van der Waals surface area contributed by atoms with Crippen LogP contribution in [-0.4, -0.2) is 48.9 Å². The quantitative estimate of drug-likeness (QED) is 0.309. The Kier molecular flexibility index (Phi) is 8.91. The Morgan fingerprint density at radius 1 is 1.17 bits per heavy atom. The molecule has 0 radical (unpaired) electrons. The van der Waals surface area contributed by atoms with Crippen molar-refractivity contribution in [1.82, 2.24) is 14.8 Å². The molecule has 0 saturated carbocycles. The fraction of sp³-hybridized carbons (Fsp3) is 0.350. The third kappa shape index (κ3) is 6.18. The highest BCUT2D eigenvalue weighted by atomic mass is 32.1. The molecule has 0 aliphatic carbocycles. The molecule has 0 bridgehead atoms. The van der Waals surface area contributed by atoms with Crippen molar-refractivity contribution < 1.29 is 18.7 Å². The van der Waals surface area contributed by atoms with E-state index >= 15 is 0 Å². The molecule has 0 amide bonds. The van der Waals surface area contributed by atoms with Crippen LogP contribution in [0.4, 0.5) is 4.39 Å². The standard InChI is InChI=1S/C18H20FN3O2S.C2H5NO/c1-12-10-25-18(20-12)16-13(2)22(11-24-9-8-23-3)21-17(16)14-4-6-15(19)7-5-14;1-3-4-2/h4-7,10H,8-9,11H2,1-3H3;1H2,2H3. The van der Waals surface area contributed by atoms with Crippen LogP contribution in [0.1, 0.15) is 11.4 Å². The van der Waals surface area contributed by atoms with Gasteiger partial charge in [0.15, 0.2) is 0 Å². The molecule has 0 atom stereocenters. The highest BCUT2D eigenvalue weighted by Gasteiger charge is 2.20. The monoisotopic (exact) mass is 420 g/mol. The zero-order valence-corrected chi connectivity index (χ0v) is 17.8. The van der Waals surface area contributed by atoms with E-state index in [9.17, 15) is 4.39 Å². The minimum absolute atomic E-state index is 0.269. The number of hydrogen-bond acceptors (Lipinski definition) is 7. The number of ether oxygens (including phenoxy) is 2. The lowest BCUT2D eigenvalue weighted by atomic mass is 10.1. The first-order chi connectivity index (χ1) is 14.0. The summed E-state index contributed by atoms with van der Waals surface area (Å²) in [6, 6.07) is 6.35. The number of halogens is 1. The van der Waals surface area contributed by atoms with Gasteiger partial charge in [0.1, 0.15) is 30.4 Å². The zero-order valence-electron chi connectivity index (χ0n) is 17.0. The molecule has 2 aromatic heterocycles. The van der Waals surface area contributed by atoms with E-state index in [1.54, 1.807) is 35.3 Å². The second-order valence-corrected chi connectivity index (χ2v) is 6.81. The third-order valence-electron chi connectivity index (χ3n) is 3.93. The Morgan fingerprint density at radius 3 is 2.41 bits per heavy atom. The average molecular weight is 421 g/mol. The summed E-state index contributed by atoms with van der Waals surface area (Å²) in [4.78, 5) is 8.65. The van der Waals surface area contributed by atoms with Gasteiger partial charge in [-0.1, -0.05) is 0 Å². The average Bonchev–Trinajstić information content (AvgIpc) is 3.29. The Labute approximate surface area is 173 Å². The van der Waals surface area contributed by atoms with E-state index in [0.29, 0.717) is 19.9 Å². The minimum atomic E-state index is -0.269. The minimum Gasteiger partial charge on any atom is -0.400 e. The van der Waals surface area contributed by atoms with Gasteiger partial charge in [-0.2, -0.15) is 5.10 Å². The van der Waals surface area contributed by atoms with Crippen LogP contribution < -0.4 is 0 Å². The Morgan fingerprint density at radius 2 is 1.86 bits per heavy atom. The molecule has 0 N–H and O–H groups in total. The summed E-state index contributed by atoms with van der Waals surface area (Å²) < 4.78 is 25.7. The first-order valence-electron chi connectivity index (χ1n) is 8.83. The molecule has 156 valence electrons. The number of benzene rings is 1. The topological polar surface area (TPSA) is 70.8 Å². The molecule has 0 fully saturated rings. The summed E-state index contributed by atoms with van der Waals surface area (Å²) in [6.07, 6.45) is 0. The fourth-order valence-corrected chi connectivity index (χ4v) is 3.39. The first kappa shape index (κ1) is 22.7. The molecule has 3 rings (SSSR count). The maximum atomic E-state index is 13.3. The normalized spacial score (nSPS) is 10.4. The van der Waals surface area contributed by atoms with Crippen LogP contribution in [0.25, 0.3) is 21.8 Å². The van der Waals surface area contributed by atoms with Gasteiger partial charge < -0.3 is 14.3 Å². The molecule has 9 heteroatoms. The lowest BCUT2D eigenvalue weighted by Crippen LogP contribution is -2.09. The summed E-state index contributed by atoms with van der Waals surface area (Å²) in [5, 5.41) is 10.6. The van der Waals surface area contributed by atoms with E-state index in [1.807, 2.05) is 19.2 Å². The van der Waals surface area contributed by atoms with Crippen LogP contribution in [0.15, 0.2) is 34.8 Å². The van der Waals surface area contributed by atoms with E-state index in [4.69, 9.17) is 9.47 Å². The molecule has 2 heterocycles. The van der Waals surface area contributed by atoms with Gasteiger partial charge in [-0.15, -0.1) is 16.5 Å². The number of thiazole rings is 1. The number of oxime groups is 1. The summed E-state index contributed by atoms with van der Waals surface area (Å²) >= 11 is 1.57. The molecule has 0 unspecified atom stereocenters. The molecule has 0 aliphatic heterocycles. The SMILES string of the molecule is C=NOC.COCCOCn1nc(-c2ccc(F)cc2)c(-c2nc(C)cs2)c1C. The highest BCUT2D eigenvalue weighted by molar-refractivity contribution is 7.13. The van der Waals surface area contributed by atoms with Gasteiger partial charge in [-0.3, -0.25) is 0 Å². The molecule has 29 heavy (non-hydrogen) atoms. The fourth-order valence-electron chi connectivity index (χ4n) is 2.50. The number of nitrogens with zero attached hydrogens (tertiary/aromatic N) is 4. The summed E-state index contributed by atoms with van der Waals surface area (Å²) in [5.74, 6) is -0.269. The Bertz CT molecular complexity index is 909. The zero-order chi connectivity index (χ0) is 21.2. The second-order valence-electron chi connectivity index (χ2n) is 5.95. The van der Waals surface area contributed by atoms with Gasteiger partial charge in [0.05, 0.1) is 18.8 Å². The third-order valence-corrected chi connectivity index (χ3v) is 4.91. The number of aromatic nitrogens is 3. The van der Waals surface area contributed by atoms with Gasteiger partial charge in [0.2, 0.25) is 0 Å². The van der Waals surface area contributed by atoms with Crippen molar-refractivity contribution in [3.8, 4) is 21.8 Å². The number of rotatable bonds is 8. The molecule has 1 aromatic carbocycles. The predicted molar refractivity (Wildman–Crippen MR) is 113 cm³/mol. The van der Waals surface area contributed by atoms with Gasteiger partial charge in [-0.05, 0) is 38.1 Å². The van der Waals surface area contributed by atoms with Crippen LogP contribution in [0, 0.1) is 19.7 Å². The molecular weight excluding hydrogens is 395 g/mol. The van der Waals surface area contributed by atoms with Crippen LogP contribution in [-0.2, 0) is 21.0 Å². The van der Waals surface area contributed by atoms with Crippen molar-refractivity contribution in [3.63, 3.8) is 0 Å². The van der Waals surface area contributed by atoms with Crippen molar-refractivity contribution in [2.75, 3.05) is 27.4 Å². The number of aryl methyl sites for hydroxylation is 1.